The molecule has 0 bridgehead atoms. The van der Waals surface area contributed by atoms with Crippen molar-refractivity contribution in [3.05, 3.63) is 32.3 Å². The Morgan fingerprint density at radius 2 is 2.05 bits per heavy atom. The highest BCUT2D eigenvalue weighted by molar-refractivity contribution is 5.76. The van der Waals surface area contributed by atoms with Crippen LogP contribution in [0.4, 0.5) is 0 Å². The minimum Gasteiger partial charge on any atom is -0.356 e. The lowest BCUT2D eigenvalue weighted by molar-refractivity contribution is -0.121. The van der Waals surface area contributed by atoms with Gasteiger partial charge in [-0.2, -0.15) is 0 Å². The zero-order chi connectivity index (χ0) is 14.3. The van der Waals surface area contributed by atoms with Crippen molar-refractivity contribution < 1.29 is 4.79 Å². The maximum absolute atomic E-state index is 11.5. The van der Waals surface area contributed by atoms with Crippen LogP contribution in [0.2, 0.25) is 0 Å². The molecule has 1 aromatic rings. The number of nitrogens with one attached hydrogen (secondary N) is 3. The molecule has 0 spiro atoms. The standard InChI is InChI=1S/C12H20N4O3/c1-16(2)7-3-6-13-11(18)5-4-9-8-10(17)12(19)15-14-9/h8H,3-7H2,1-2H3,(H,13,18)(H,14,17)(H,15,19). The van der Waals surface area contributed by atoms with Gasteiger partial charge in [-0.1, -0.05) is 0 Å². The average Bonchev–Trinajstić information content (AvgIpc) is 2.36. The molecule has 106 valence electrons. The van der Waals surface area contributed by atoms with Crippen LogP contribution < -0.4 is 16.3 Å². The van der Waals surface area contributed by atoms with Gasteiger partial charge in [-0.05, 0) is 33.5 Å². The number of rotatable bonds is 7. The first kappa shape index (κ1) is 15.2. The van der Waals surface area contributed by atoms with Crippen LogP contribution in [-0.2, 0) is 11.2 Å². The van der Waals surface area contributed by atoms with Crippen molar-refractivity contribution in [2.75, 3.05) is 27.2 Å². The Bertz CT molecular complexity index is 518. The number of carbonyl (C=O) groups is 1. The van der Waals surface area contributed by atoms with E-state index in [-0.39, 0.29) is 12.3 Å². The quantitative estimate of drug-likeness (QED) is 0.439. The van der Waals surface area contributed by atoms with E-state index in [1.807, 2.05) is 14.1 Å². The molecule has 1 rings (SSSR count). The summed E-state index contributed by atoms with van der Waals surface area (Å²) < 4.78 is 0. The molecule has 1 amide bonds. The molecule has 1 aromatic heterocycles. The van der Waals surface area contributed by atoms with Gasteiger partial charge in [0.05, 0.1) is 0 Å². The predicted molar refractivity (Wildman–Crippen MR) is 72.2 cm³/mol. The first-order valence-electron chi connectivity index (χ1n) is 6.21. The smallest absolute Gasteiger partial charge is 0.310 e. The molecule has 3 N–H and O–H groups in total. The second-order valence-corrected chi connectivity index (χ2v) is 4.62. The molecule has 0 aliphatic rings. The molecule has 7 heteroatoms. The number of aromatic amines is 2. The fraction of sp³-hybridized carbons (Fsp3) is 0.583. The van der Waals surface area contributed by atoms with Gasteiger partial charge in [0.2, 0.25) is 11.3 Å². The van der Waals surface area contributed by atoms with Crippen LogP contribution >= 0.6 is 0 Å². The molecule has 0 aromatic carbocycles. The van der Waals surface area contributed by atoms with Crippen molar-refractivity contribution in [3.8, 4) is 0 Å². The zero-order valence-corrected chi connectivity index (χ0v) is 11.3. The maximum atomic E-state index is 11.5. The van der Waals surface area contributed by atoms with Gasteiger partial charge in [0.15, 0.2) is 0 Å². The summed E-state index contributed by atoms with van der Waals surface area (Å²) in [5.41, 5.74) is -0.731. The Morgan fingerprint density at radius 3 is 2.68 bits per heavy atom. The predicted octanol–water partition coefficient (Wildman–Crippen LogP) is -0.936. The molecule has 0 radical (unpaired) electrons. The number of carbonyl (C=O) groups excluding carboxylic acids is 1. The van der Waals surface area contributed by atoms with Gasteiger partial charge in [0, 0.05) is 24.7 Å². The fourth-order valence-corrected chi connectivity index (χ4v) is 1.55. The van der Waals surface area contributed by atoms with Gasteiger partial charge in [-0.15, -0.1) is 0 Å². The van der Waals surface area contributed by atoms with Crippen LogP contribution in [0, 0.1) is 0 Å². The summed E-state index contributed by atoms with van der Waals surface area (Å²) in [5.74, 6) is -0.0641. The van der Waals surface area contributed by atoms with Crippen molar-refractivity contribution in [2.24, 2.45) is 0 Å². The third-order valence-electron chi connectivity index (χ3n) is 2.59. The van der Waals surface area contributed by atoms with E-state index in [0.717, 1.165) is 13.0 Å². The minimum atomic E-state index is -0.683. The van der Waals surface area contributed by atoms with E-state index < -0.39 is 11.0 Å². The summed E-state index contributed by atoms with van der Waals surface area (Å²) in [6, 6.07) is 1.22. The van der Waals surface area contributed by atoms with E-state index >= 15 is 0 Å². The Hall–Kier alpha value is -1.89. The minimum absolute atomic E-state index is 0.0641. The van der Waals surface area contributed by atoms with Crippen LogP contribution in [0.5, 0.6) is 0 Å². The number of amides is 1. The number of hydrogen-bond donors (Lipinski definition) is 3. The van der Waals surface area contributed by atoms with E-state index in [4.69, 9.17) is 0 Å². The van der Waals surface area contributed by atoms with Crippen molar-refractivity contribution >= 4 is 5.91 Å². The van der Waals surface area contributed by atoms with Gasteiger partial charge < -0.3 is 15.3 Å². The Kier molecular flexibility index (Phi) is 6.01. The van der Waals surface area contributed by atoms with Crippen molar-refractivity contribution in [1.29, 1.82) is 0 Å². The topological polar surface area (TPSA) is 98.1 Å². The number of aromatic nitrogens is 2. The summed E-state index contributed by atoms with van der Waals surface area (Å²) in [6.07, 6.45) is 1.57. The fourth-order valence-electron chi connectivity index (χ4n) is 1.55. The zero-order valence-electron chi connectivity index (χ0n) is 11.3. The molecule has 19 heavy (non-hydrogen) atoms. The molecule has 0 aliphatic carbocycles. The molecule has 0 unspecified atom stereocenters. The van der Waals surface area contributed by atoms with Crippen LogP contribution in [-0.4, -0.2) is 48.2 Å². The van der Waals surface area contributed by atoms with Crippen LogP contribution in [0.15, 0.2) is 15.7 Å². The number of nitrogens with zero attached hydrogens (tertiary/aromatic N) is 1. The average molecular weight is 268 g/mol. The Balaban J connectivity index is 2.28. The Morgan fingerprint density at radius 1 is 1.32 bits per heavy atom. The molecule has 0 aliphatic heterocycles. The maximum Gasteiger partial charge on any atom is 0.310 e. The van der Waals surface area contributed by atoms with E-state index in [0.29, 0.717) is 18.7 Å². The van der Waals surface area contributed by atoms with E-state index in [1.54, 1.807) is 0 Å². The number of H-pyrrole nitrogens is 2. The van der Waals surface area contributed by atoms with Crippen LogP contribution in [0.25, 0.3) is 0 Å². The number of aryl methyl sites for hydroxylation is 1. The highest BCUT2D eigenvalue weighted by Gasteiger charge is 2.03. The van der Waals surface area contributed by atoms with Gasteiger partial charge in [-0.25, -0.2) is 0 Å². The summed E-state index contributed by atoms with van der Waals surface area (Å²) in [4.78, 5) is 35.5. The lowest BCUT2D eigenvalue weighted by Crippen LogP contribution is -2.29. The summed E-state index contributed by atoms with van der Waals surface area (Å²) >= 11 is 0. The third kappa shape index (κ3) is 6.01. The second-order valence-electron chi connectivity index (χ2n) is 4.62. The normalized spacial score (nSPS) is 10.7. The van der Waals surface area contributed by atoms with E-state index in [1.165, 1.54) is 6.07 Å². The summed E-state index contributed by atoms with van der Waals surface area (Å²) in [6.45, 7) is 1.56. The van der Waals surface area contributed by atoms with E-state index in [9.17, 15) is 14.4 Å². The third-order valence-corrected chi connectivity index (χ3v) is 2.59. The first-order valence-corrected chi connectivity index (χ1v) is 6.21. The van der Waals surface area contributed by atoms with Crippen molar-refractivity contribution in [1.82, 2.24) is 20.4 Å². The molecule has 1 heterocycles. The lowest BCUT2D eigenvalue weighted by Gasteiger charge is -2.09. The van der Waals surface area contributed by atoms with E-state index in [2.05, 4.69) is 20.4 Å². The van der Waals surface area contributed by atoms with Crippen LogP contribution in [0.3, 0.4) is 0 Å². The van der Waals surface area contributed by atoms with Gasteiger partial charge >= 0.3 is 5.56 Å². The molecular formula is C12H20N4O3. The van der Waals surface area contributed by atoms with Crippen LogP contribution in [0.1, 0.15) is 18.5 Å². The molecule has 0 saturated carbocycles. The first-order chi connectivity index (χ1) is 8.99. The highest BCUT2D eigenvalue weighted by atomic mass is 16.2. The summed E-state index contributed by atoms with van der Waals surface area (Å²) in [7, 11) is 3.96. The largest absolute Gasteiger partial charge is 0.356 e. The van der Waals surface area contributed by atoms with Gasteiger partial charge in [-0.3, -0.25) is 19.5 Å². The Labute approximate surface area is 111 Å². The van der Waals surface area contributed by atoms with Crippen molar-refractivity contribution in [3.63, 3.8) is 0 Å². The SMILES string of the molecule is CN(C)CCCNC(=O)CCc1cc(=O)c(=O)[nH][nH]1. The second kappa shape index (κ2) is 7.52. The van der Waals surface area contributed by atoms with Crippen molar-refractivity contribution in [2.45, 2.75) is 19.3 Å². The lowest BCUT2D eigenvalue weighted by atomic mass is 10.2. The highest BCUT2D eigenvalue weighted by Crippen LogP contribution is 1.93. The van der Waals surface area contributed by atoms with Gasteiger partial charge in [0.25, 0.3) is 0 Å². The number of hydrogen-bond acceptors (Lipinski definition) is 4. The molecule has 0 atom stereocenters. The summed E-state index contributed by atoms with van der Waals surface area (Å²) in [5, 5.41) is 7.62. The molecule has 0 fully saturated rings. The molecule has 0 saturated heterocycles. The molecule has 7 nitrogen and oxygen atoms in total. The molecular weight excluding hydrogens is 248 g/mol. The van der Waals surface area contributed by atoms with Gasteiger partial charge in [0.1, 0.15) is 0 Å². The monoisotopic (exact) mass is 268 g/mol.